The molecule has 7 nitrogen and oxygen atoms in total. The van der Waals surface area contributed by atoms with E-state index < -0.39 is 26.5 Å². The number of esters is 1. The number of carbonyl (C=O) groups is 1. The fraction of sp³-hybridized carbons (Fsp3) is 0.786. The number of hydrogen-bond donors (Lipinski definition) is 3. The summed E-state index contributed by atoms with van der Waals surface area (Å²) in [7, 11) is -4.61. The minimum absolute atomic E-state index is 0.277. The van der Waals surface area contributed by atoms with E-state index >= 15 is 0 Å². The van der Waals surface area contributed by atoms with Gasteiger partial charge in [-0.2, -0.15) is 0 Å². The topological polar surface area (TPSA) is 113 Å². The van der Waals surface area contributed by atoms with Gasteiger partial charge in [-0.25, -0.2) is 4.57 Å². The molecule has 8 heteroatoms. The number of aliphatic hydroxyl groups excluding tert-OH is 1. The standard InChI is InChI=1S/C14H27O7P/c1-2-3-4-5-6-7-8-9-10-14(16)20-11-13(15)12-21-22(17,18)19/h2,13,15H,1,3-12H2,(H2,17,18,19). The lowest BCUT2D eigenvalue weighted by molar-refractivity contribution is -0.147. The number of unbranched alkanes of at least 4 members (excludes halogenated alkanes) is 6. The van der Waals surface area contributed by atoms with Gasteiger partial charge in [0, 0.05) is 6.42 Å². The zero-order valence-corrected chi connectivity index (χ0v) is 13.7. The highest BCUT2D eigenvalue weighted by Crippen LogP contribution is 2.35. The number of phosphoric ester groups is 1. The molecule has 1 atom stereocenters. The summed E-state index contributed by atoms with van der Waals surface area (Å²) in [6.07, 6.45) is 8.20. The third-order valence-corrected chi connectivity index (χ3v) is 3.40. The minimum Gasteiger partial charge on any atom is -0.463 e. The Morgan fingerprint density at radius 3 is 2.27 bits per heavy atom. The average Bonchev–Trinajstić information content (AvgIpc) is 2.45. The maximum absolute atomic E-state index is 11.4. The van der Waals surface area contributed by atoms with Crippen LogP contribution in [0.2, 0.25) is 0 Å². The van der Waals surface area contributed by atoms with Crippen LogP contribution in [-0.2, 0) is 18.6 Å². The van der Waals surface area contributed by atoms with Crippen LogP contribution in [0, 0.1) is 0 Å². The van der Waals surface area contributed by atoms with Gasteiger partial charge in [0.1, 0.15) is 12.7 Å². The molecule has 0 aromatic carbocycles. The number of allylic oxidation sites excluding steroid dienone is 1. The molecular formula is C14H27O7P. The monoisotopic (exact) mass is 338 g/mol. The SMILES string of the molecule is C=CCCCCCCCCC(=O)OCC(O)COP(=O)(O)O. The van der Waals surface area contributed by atoms with Crippen LogP contribution >= 0.6 is 7.82 Å². The van der Waals surface area contributed by atoms with Crippen LogP contribution in [0.4, 0.5) is 0 Å². The molecule has 22 heavy (non-hydrogen) atoms. The van der Waals surface area contributed by atoms with Gasteiger partial charge in [-0.1, -0.05) is 31.8 Å². The largest absolute Gasteiger partial charge is 0.469 e. The molecular weight excluding hydrogens is 311 g/mol. The van der Waals surface area contributed by atoms with Gasteiger partial charge in [0.05, 0.1) is 6.61 Å². The second-order valence-electron chi connectivity index (χ2n) is 5.07. The molecule has 3 N–H and O–H groups in total. The van der Waals surface area contributed by atoms with Gasteiger partial charge in [-0.05, 0) is 19.3 Å². The summed E-state index contributed by atoms with van der Waals surface area (Å²) in [5.74, 6) is -0.429. The lowest BCUT2D eigenvalue weighted by atomic mass is 10.1. The Kier molecular flexibility index (Phi) is 12.4. The van der Waals surface area contributed by atoms with E-state index in [1.165, 1.54) is 6.42 Å². The fourth-order valence-electron chi connectivity index (χ4n) is 1.76. The smallest absolute Gasteiger partial charge is 0.463 e. The lowest BCUT2D eigenvalue weighted by Gasteiger charge is -2.12. The summed E-state index contributed by atoms with van der Waals surface area (Å²) in [5, 5.41) is 9.32. The number of aliphatic hydroxyl groups is 1. The number of phosphoric acid groups is 1. The van der Waals surface area contributed by atoms with Crippen molar-refractivity contribution in [2.45, 2.75) is 57.5 Å². The molecule has 130 valence electrons. The van der Waals surface area contributed by atoms with Gasteiger partial charge in [0.25, 0.3) is 0 Å². The molecule has 0 radical (unpaired) electrons. The van der Waals surface area contributed by atoms with Gasteiger partial charge in [-0.3, -0.25) is 9.32 Å². The van der Waals surface area contributed by atoms with Gasteiger partial charge in [-0.15, -0.1) is 6.58 Å². The molecule has 0 aromatic rings. The zero-order valence-electron chi connectivity index (χ0n) is 12.9. The van der Waals surface area contributed by atoms with Gasteiger partial charge < -0.3 is 19.6 Å². The van der Waals surface area contributed by atoms with Crippen LogP contribution in [0.5, 0.6) is 0 Å². The van der Waals surface area contributed by atoms with Crippen molar-refractivity contribution in [2.75, 3.05) is 13.2 Å². The Hall–Kier alpha value is -0.720. The summed E-state index contributed by atoms with van der Waals surface area (Å²) >= 11 is 0. The van der Waals surface area contributed by atoms with Crippen molar-refractivity contribution in [3.63, 3.8) is 0 Å². The van der Waals surface area contributed by atoms with E-state index in [1.807, 2.05) is 6.08 Å². The van der Waals surface area contributed by atoms with Crippen molar-refractivity contribution in [3.8, 4) is 0 Å². The molecule has 0 bridgehead atoms. The van der Waals surface area contributed by atoms with E-state index in [0.717, 1.165) is 38.5 Å². The Labute approximate surface area is 131 Å². The lowest BCUT2D eigenvalue weighted by Crippen LogP contribution is -2.23. The highest BCUT2D eigenvalue weighted by atomic mass is 31.2. The second kappa shape index (κ2) is 12.8. The van der Waals surface area contributed by atoms with Crippen LogP contribution in [0.15, 0.2) is 12.7 Å². The van der Waals surface area contributed by atoms with Crippen molar-refractivity contribution >= 4 is 13.8 Å². The highest BCUT2D eigenvalue weighted by Gasteiger charge is 2.17. The van der Waals surface area contributed by atoms with Gasteiger partial charge in [0.2, 0.25) is 0 Å². The van der Waals surface area contributed by atoms with Crippen LogP contribution < -0.4 is 0 Å². The molecule has 0 saturated carbocycles. The predicted octanol–water partition coefficient (Wildman–Crippen LogP) is 2.31. The van der Waals surface area contributed by atoms with Crippen molar-refractivity contribution in [1.29, 1.82) is 0 Å². The van der Waals surface area contributed by atoms with Crippen LogP contribution in [-0.4, -0.2) is 40.2 Å². The van der Waals surface area contributed by atoms with Crippen molar-refractivity contribution in [3.05, 3.63) is 12.7 Å². The van der Waals surface area contributed by atoms with Crippen molar-refractivity contribution < 1.29 is 33.5 Å². The third-order valence-electron chi connectivity index (χ3n) is 2.91. The minimum atomic E-state index is -4.61. The normalized spacial score (nSPS) is 12.9. The molecule has 0 aromatic heterocycles. The molecule has 0 rings (SSSR count). The number of rotatable bonds is 14. The summed E-state index contributed by atoms with van der Waals surface area (Å²) in [5.41, 5.74) is 0. The van der Waals surface area contributed by atoms with Crippen LogP contribution in [0.3, 0.4) is 0 Å². The molecule has 0 saturated heterocycles. The molecule has 0 amide bonds. The Morgan fingerprint density at radius 2 is 1.68 bits per heavy atom. The third kappa shape index (κ3) is 15.7. The summed E-state index contributed by atoms with van der Waals surface area (Å²) < 4.78 is 19.3. The average molecular weight is 338 g/mol. The van der Waals surface area contributed by atoms with Crippen LogP contribution in [0.25, 0.3) is 0 Å². The summed E-state index contributed by atoms with van der Waals surface area (Å²) in [6, 6.07) is 0. The van der Waals surface area contributed by atoms with E-state index in [2.05, 4.69) is 11.1 Å². The summed E-state index contributed by atoms with van der Waals surface area (Å²) in [4.78, 5) is 28.3. The maximum Gasteiger partial charge on any atom is 0.469 e. The molecule has 0 aliphatic carbocycles. The maximum atomic E-state index is 11.4. The second-order valence-corrected chi connectivity index (χ2v) is 6.31. The highest BCUT2D eigenvalue weighted by molar-refractivity contribution is 7.46. The number of hydrogen-bond acceptors (Lipinski definition) is 5. The zero-order chi connectivity index (χ0) is 16.8. The quantitative estimate of drug-likeness (QED) is 0.193. The first-order valence-electron chi connectivity index (χ1n) is 7.50. The number of ether oxygens (including phenoxy) is 1. The van der Waals surface area contributed by atoms with Crippen LogP contribution in [0.1, 0.15) is 51.4 Å². The summed E-state index contributed by atoms with van der Waals surface area (Å²) in [6.45, 7) is 2.75. The first kappa shape index (κ1) is 21.3. The molecule has 1 unspecified atom stereocenters. The van der Waals surface area contributed by atoms with E-state index in [1.54, 1.807) is 0 Å². The van der Waals surface area contributed by atoms with E-state index in [-0.39, 0.29) is 13.0 Å². The van der Waals surface area contributed by atoms with Crippen molar-refractivity contribution in [1.82, 2.24) is 0 Å². The van der Waals surface area contributed by atoms with Gasteiger partial charge in [0.15, 0.2) is 0 Å². The van der Waals surface area contributed by atoms with Gasteiger partial charge >= 0.3 is 13.8 Å². The van der Waals surface area contributed by atoms with E-state index in [0.29, 0.717) is 0 Å². The van der Waals surface area contributed by atoms with E-state index in [4.69, 9.17) is 14.5 Å². The first-order chi connectivity index (χ1) is 10.3. The molecule has 0 fully saturated rings. The Bertz CT molecular complexity index is 353. The molecule has 0 heterocycles. The van der Waals surface area contributed by atoms with Crippen molar-refractivity contribution in [2.24, 2.45) is 0 Å². The molecule has 0 spiro atoms. The fourth-order valence-corrected chi connectivity index (χ4v) is 2.12. The Balaban J connectivity index is 3.46. The predicted molar refractivity (Wildman–Crippen MR) is 82.1 cm³/mol. The first-order valence-corrected chi connectivity index (χ1v) is 9.03. The molecule has 0 aliphatic heterocycles. The Morgan fingerprint density at radius 1 is 1.09 bits per heavy atom. The number of carbonyl (C=O) groups excluding carboxylic acids is 1. The molecule has 0 aliphatic rings. The van der Waals surface area contributed by atoms with E-state index in [9.17, 15) is 14.5 Å².